The minimum absolute atomic E-state index is 0.451. The van der Waals surface area contributed by atoms with E-state index in [1.807, 2.05) is 30.3 Å². The van der Waals surface area contributed by atoms with E-state index in [2.05, 4.69) is 13.5 Å². The molecule has 0 radical (unpaired) electrons. The zero-order valence-electron chi connectivity index (χ0n) is 10.8. The second-order valence-electron chi connectivity index (χ2n) is 4.00. The Morgan fingerprint density at radius 3 is 2.67 bits per heavy atom. The summed E-state index contributed by atoms with van der Waals surface area (Å²) in [5, 5.41) is 0. The lowest BCUT2D eigenvalue weighted by atomic mass is 10.2. The summed E-state index contributed by atoms with van der Waals surface area (Å²) in [5.74, 6) is 0.253. The lowest BCUT2D eigenvalue weighted by molar-refractivity contribution is -0.158. The number of hydrogen-bond donors (Lipinski definition) is 0. The number of unbranched alkanes of at least 4 members (excludes halogenated alkanes) is 2. The highest BCUT2D eigenvalue weighted by Crippen LogP contribution is 2.15. The van der Waals surface area contributed by atoms with Crippen LogP contribution in [0.3, 0.4) is 0 Å². The number of esters is 1. The zero-order valence-corrected chi connectivity index (χ0v) is 10.8. The summed E-state index contributed by atoms with van der Waals surface area (Å²) in [6, 6.07) is 9.36. The molecule has 0 fully saturated rings. The molecule has 0 spiro atoms. The normalized spacial score (nSPS) is 11.6. The van der Waals surface area contributed by atoms with Crippen molar-refractivity contribution >= 4 is 5.97 Å². The fraction of sp³-hybridized carbons (Fsp3) is 0.400. The highest BCUT2D eigenvalue weighted by Gasteiger charge is 2.13. The van der Waals surface area contributed by atoms with Crippen LogP contribution in [0.1, 0.15) is 32.6 Å². The van der Waals surface area contributed by atoms with Crippen molar-refractivity contribution in [2.45, 2.75) is 38.9 Å². The number of para-hydroxylation sites is 1. The quantitative estimate of drug-likeness (QED) is 0.304. The van der Waals surface area contributed by atoms with Crippen molar-refractivity contribution in [1.82, 2.24) is 0 Å². The Morgan fingerprint density at radius 1 is 1.33 bits per heavy atom. The second-order valence-corrected chi connectivity index (χ2v) is 4.00. The van der Waals surface area contributed by atoms with Crippen molar-refractivity contribution in [3.63, 3.8) is 0 Å². The van der Waals surface area contributed by atoms with Gasteiger partial charge in [0.25, 0.3) is 0 Å². The summed E-state index contributed by atoms with van der Waals surface area (Å²) >= 11 is 0. The van der Waals surface area contributed by atoms with Gasteiger partial charge in [0.2, 0.25) is 6.29 Å². The van der Waals surface area contributed by atoms with Crippen molar-refractivity contribution in [3.05, 3.63) is 43.0 Å². The van der Waals surface area contributed by atoms with E-state index in [-0.39, 0.29) is 0 Å². The molecule has 0 N–H and O–H groups in total. The second kappa shape index (κ2) is 8.34. The molecule has 1 atom stereocenters. The number of carbonyl (C=O) groups excluding carboxylic acids is 1. The first-order valence-electron chi connectivity index (χ1n) is 6.31. The van der Waals surface area contributed by atoms with Crippen LogP contribution in [0.2, 0.25) is 0 Å². The molecule has 0 saturated carbocycles. The van der Waals surface area contributed by atoms with Gasteiger partial charge in [-0.1, -0.05) is 44.5 Å². The van der Waals surface area contributed by atoms with Crippen LogP contribution in [0.4, 0.5) is 0 Å². The van der Waals surface area contributed by atoms with Gasteiger partial charge in [0.05, 0.1) is 0 Å². The largest absolute Gasteiger partial charge is 0.455 e. The smallest absolute Gasteiger partial charge is 0.333 e. The lowest BCUT2D eigenvalue weighted by Gasteiger charge is -2.18. The molecule has 1 aromatic carbocycles. The topological polar surface area (TPSA) is 35.5 Å². The van der Waals surface area contributed by atoms with E-state index < -0.39 is 12.3 Å². The van der Waals surface area contributed by atoms with E-state index in [0.29, 0.717) is 12.2 Å². The van der Waals surface area contributed by atoms with Gasteiger partial charge < -0.3 is 9.47 Å². The molecule has 1 aromatic rings. The summed E-state index contributed by atoms with van der Waals surface area (Å²) in [5.41, 5.74) is 0. The molecule has 0 saturated heterocycles. The van der Waals surface area contributed by atoms with E-state index in [1.54, 1.807) is 0 Å². The maximum Gasteiger partial charge on any atom is 0.333 e. The molecule has 18 heavy (non-hydrogen) atoms. The van der Waals surface area contributed by atoms with Crippen LogP contribution in [0.15, 0.2) is 43.0 Å². The average molecular weight is 248 g/mol. The van der Waals surface area contributed by atoms with Gasteiger partial charge in [-0.15, -0.1) is 0 Å². The molecule has 0 aliphatic heterocycles. The Kier molecular flexibility index (Phi) is 6.62. The fourth-order valence-corrected chi connectivity index (χ4v) is 1.53. The maximum absolute atomic E-state index is 11.2. The molecule has 1 unspecified atom stereocenters. The van der Waals surface area contributed by atoms with E-state index in [0.717, 1.165) is 25.3 Å². The Morgan fingerprint density at radius 2 is 2.06 bits per heavy atom. The van der Waals surface area contributed by atoms with Crippen molar-refractivity contribution in [3.8, 4) is 5.75 Å². The van der Waals surface area contributed by atoms with Crippen molar-refractivity contribution in [2.24, 2.45) is 0 Å². The summed E-state index contributed by atoms with van der Waals surface area (Å²) in [7, 11) is 0. The molecule has 98 valence electrons. The van der Waals surface area contributed by atoms with Crippen LogP contribution < -0.4 is 4.74 Å². The molecule has 0 bridgehead atoms. The van der Waals surface area contributed by atoms with Gasteiger partial charge in [-0.05, 0) is 18.6 Å². The fourth-order valence-electron chi connectivity index (χ4n) is 1.53. The zero-order chi connectivity index (χ0) is 13.2. The van der Waals surface area contributed by atoms with Crippen LogP contribution in [-0.2, 0) is 9.53 Å². The Labute approximate surface area is 108 Å². The van der Waals surface area contributed by atoms with Gasteiger partial charge in [-0.2, -0.15) is 0 Å². The molecule has 3 heteroatoms. The molecule has 0 aliphatic carbocycles. The Bertz CT molecular complexity index is 359. The van der Waals surface area contributed by atoms with E-state index in [4.69, 9.17) is 9.47 Å². The molecular formula is C15H20O3. The molecule has 3 nitrogen and oxygen atoms in total. The number of benzene rings is 1. The van der Waals surface area contributed by atoms with Gasteiger partial charge in [0.1, 0.15) is 5.75 Å². The van der Waals surface area contributed by atoms with Crippen LogP contribution in [-0.4, -0.2) is 12.3 Å². The SMILES string of the molecule is C=CC(=O)OC(CCCCC)Oc1ccccc1. The molecule has 0 aliphatic rings. The average Bonchev–Trinajstić information content (AvgIpc) is 2.40. The molecule has 0 aromatic heterocycles. The van der Waals surface area contributed by atoms with E-state index >= 15 is 0 Å². The molecule has 1 rings (SSSR count). The highest BCUT2D eigenvalue weighted by molar-refractivity contribution is 5.81. The predicted molar refractivity (Wildman–Crippen MR) is 71.3 cm³/mol. The summed E-state index contributed by atoms with van der Waals surface area (Å²) in [4.78, 5) is 11.2. The first-order chi connectivity index (χ1) is 8.76. The Balaban J connectivity index is 2.53. The number of carbonyl (C=O) groups is 1. The third-order valence-electron chi connectivity index (χ3n) is 2.47. The summed E-state index contributed by atoms with van der Waals surface area (Å²) in [6.07, 6.45) is 4.50. The van der Waals surface area contributed by atoms with Crippen LogP contribution >= 0.6 is 0 Å². The van der Waals surface area contributed by atoms with Crippen molar-refractivity contribution in [2.75, 3.05) is 0 Å². The highest BCUT2D eigenvalue weighted by atomic mass is 16.7. The van der Waals surface area contributed by atoms with Crippen LogP contribution in [0.5, 0.6) is 5.75 Å². The first kappa shape index (κ1) is 14.3. The van der Waals surface area contributed by atoms with Crippen LogP contribution in [0, 0.1) is 0 Å². The maximum atomic E-state index is 11.2. The standard InChI is InChI=1S/C15H20O3/c1-3-5-7-12-15(18-14(16)4-2)17-13-10-8-6-9-11-13/h4,6,8-11,15H,2-3,5,7,12H2,1H3. The van der Waals surface area contributed by atoms with Crippen LogP contribution in [0.25, 0.3) is 0 Å². The third-order valence-corrected chi connectivity index (χ3v) is 2.47. The van der Waals surface area contributed by atoms with Gasteiger partial charge >= 0.3 is 5.97 Å². The monoisotopic (exact) mass is 248 g/mol. The number of rotatable bonds is 8. The third kappa shape index (κ3) is 5.53. The van der Waals surface area contributed by atoms with E-state index in [1.165, 1.54) is 0 Å². The lowest BCUT2D eigenvalue weighted by Crippen LogP contribution is -2.23. The van der Waals surface area contributed by atoms with Gasteiger partial charge in [-0.3, -0.25) is 0 Å². The first-order valence-corrected chi connectivity index (χ1v) is 6.31. The molecule has 0 heterocycles. The van der Waals surface area contributed by atoms with Gasteiger partial charge in [0.15, 0.2) is 0 Å². The predicted octanol–water partition coefficient (Wildman–Crippen LogP) is 3.70. The number of ether oxygens (including phenoxy) is 2. The summed E-state index contributed by atoms with van der Waals surface area (Å²) < 4.78 is 10.8. The minimum atomic E-state index is -0.538. The van der Waals surface area contributed by atoms with E-state index in [9.17, 15) is 4.79 Å². The van der Waals surface area contributed by atoms with Gasteiger partial charge in [-0.25, -0.2) is 4.79 Å². The number of hydrogen-bond acceptors (Lipinski definition) is 3. The summed E-state index contributed by atoms with van der Waals surface area (Å²) in [6.45, 7) is 5.51. The Hall–Kier alpha value is -1.77. The minimum Gasteiger partial charge on any atom is -0.455 e. The van der Waals surface area contributed by atoms with Crippen molar-refractivity contribution in [1.29, 1.82) is 0 Å². The molecule has 0 amide bonds. The van der Waals surface area contributed by atoms with Crippen molar-refractivity contribution < 1.29 is 14.3 Å². The van der Waals surface area contributed by atoms with Gasteiger partial charge in [0, 0.05) is 12.5 Å². The molecular weight excluding hydrogens is 228 g/mol.